The second-order valence-electron chi connectivity index (χ2n) is 5.79. The molecule has 0 amide bonds. The second-order valence-corrected chi connectivity index (χ2v) is 5.79. The molecule has 0 aromatic heterocycles. The molecule has 0 saturated heterocycles. The largest absolute Gasteiger partial charge is 0.313 e. The third-order valence-corrected chi connectivity index (χ3v) is 3.14. The average molecular weight is 255 g/mol. The van der Waals surface area contributed by atoms with E-state index in [4.69, 9.17) is 0 Å². The Balaban J connectivity index is 2.86. The monoisotopic (exact) mass is 255 g/mol. The molecular weight excluding hydrogens is 232 g/mol. The summed E-state index contributed by atoms with van der Waals surface area (Å²) in [4.78, 5) is 0. The average Bonchev–Trinajstić information content (AvgIpc) is 2.28. The van der Waals surface area contributed by atoms with E-state index in [9.17, 15) is 8.78 Å². The molecule has 1 unspecified atom stereocenters. The maximum Gasteiger partial charge on any atom is 0.162 e. The van der Waals surface area contributed by atoms with Crippen molar-refractivity contribution >= 4 is 0 Å². The summed E-state index contributed by atoms with van der Waals surface area (Å²) < 4.78 is 26.9. The van der Waals surface area contributed by atoms with Crippen molar-refractivity contribution in [2.75, 3.05) is 6.54 Å². The molecule has 0 aliphatic rings. The van der Waals surface area contributed by atoms with Crippen LogP contribution in [0.1, 0.15) is 39.7 Å². The Labute approximate surface area is 109 Å². The summed E-state index contributed by atoms with van der Waals surface area (Å²) in [5, 5.41) is 3.42. The first-order chi connectivity index (χ1) is 8.36. The predicted octanol–water partition coefficient (Wildman–Crippen LogP) is 3.92. The molecule has 0 heterocycles. The van der Waals surface area contributed by atoms with E-state index in [2.05, 4.69) is 33.0 Å². The van der Waals surface area contributed by atoms with E-state index in [0.29, 0.717) is 12.0 Å². The number of rotatable bonds is 5. The van der Waals surface area contributed by atoms with Crippen LogP contribution in [0.4, 0.5) is 8.78 Å². The van der Waals surface area contributed by atoms with Gasteiger partial charge in [-0.2, -0.15) is 0 Å². The van der Waals surface area contributed by atoms with E-state index >= 15 is 0 Å². The molecule has 1 aromatic rings. The number of halogens is 2. The van der Waals surface area contributed by atoms with Crippen molar-refractivity contribution in [3.05, 3.63) is 35.4 Å². The first kappa shape index (κ1) is 15.1. The van der Waals surface area contributed by atoms with Crippen LogP contribution >= 0.6 is 0 Å². The summed E-state index contributed by atoms with van der Waals surface area (Å²) in [5.74, 6) is -1.49. The molecule has 1 rings (SSSR count). The van der Waals surface area contributed by atoms with Gasteiger partial charge < -0.3 is 5.32 Å². The Morgan fingerprint density at radius 2 is 1.89 bits per heavy atom. The third kappa shape index (κ3) is 4.05. The van der Waals surface area contributed by atoms with Gasteiger partial charge in [0.05, 0.1) is 0 Å². The fraction of sp³-hybridized carbons (Fsp3) is 0.600. The van der Waals surface area contributed by atoms with Crippen molar-refractivity contribution in [3.8, 4) is 0 Å². The minimum absolute atomic E-state index is 0.00786. The molecule has 0 bridgehead atoms. The summed E-state index contributed by atoms with van der Waals surface area (Å²) in [6, 6.07) is 4.51. The van der Waals surface area contributed by atoms with Gasteiger partial charge in [-0.1, -0.05) is 39.8 Å². The van der Waals surface area contributed by atoms with Crippen LogP contribution in [-0.2, 0) is 6.42 Å². The van der Waals surface area contributed by atoms with Gasteiger partial charge in [0.15, 0.2) is 11.6 Å². The number of hydrogen-bond acceptors (Lipinski definition) is 1. The molecule has 0 fully saturated rings. The van der Waals surface area contributed by atoms with Crippen LogP contribution < -0.4 is 5.32 Å². The SMILES string of the molecule is CCCNC(Cc1cccc(F)c1F)C(C)(C)C. The Morgan fingerprint density at radius 1 is 1.22 bits per heavy atom. The maximum atomic E-state index is 13.7. The minimum atomic E-state index is -0.768. The molecule has 0 radical (unpaired) electrons. The van der Waals surface area contributed by atoms with E-state index < -0.39 is 11.6 Å². The normalized spacial score (nSPS) is 13.7. The molecule has 0 saturated carbocycles. The van der Waals surface area contributed by atoms with Gasteiger partial charge in [0.1, 0.15) is 0 Å². The summed E-state index contributed by atoms with van der Waals surface area (Å²) in [6.07, 6.45) is 1.53. The van der Waals surface area contributed by atoms with Crippen LogP contribution in [0.15, 0.2) is 18.2 Å². The topological polar surface area (TPSA) is 12.0 Å². The van der Waals surface area contributed by atoms with Gasteiger partial charge in [-0.25, -0.2) is 8.78 Å². The standard InChI is InChI=1S/C15H23F2N/c1-5-9-18-13(15(2,3)4)10-11-7-6-8-12(16)14(11)17/h6-8,13,18H,5,9-10H2,1-4H3. The summed E-state index contributed by atoms with van der Waals surface area (Å²) >= 11 is 0. The minimum Gasteiger partial charge on any atom is -0.313 e. The molecule has 0 aliphatic carbocycles. The van der Waals surface area contributed by atoms with Gasteiger partial charge in [0.25, 0.3) is 0 Å². The van der Waals surface area contributed by atoms with Gasteiger partial charge in [-0.3, -0.25) is 0 Å². The molecule has 1 aromatic carbocycles. The first-order valence-electron chi connectivity index (χ1n) is 6.52. The second kappa shape index (κ2) is 6.28. The van der Waals surface area contributed by atoms with Crippen molar-refractivity contribution in [1.82, 2.24) is 5.32 Å². The highest BCUT2D eigenvalue weighted by atomic mass is 19.2. The van der Waals surface area contributed by atoms with Crippen molar-refractivity contribution in [1.29, 1.82) is 0 Å². The third-order valence-electron chi connectivity index (χ3n) is 3.14. The summed E-state index contributed by atoms with van der Waals surface area (Å²) in [6.45, 7) is 9.31. The van der Waals surface area contributed by atoms with Crippen LogP contribution in [0.5, 0.6) is 0 Å². The van der Waals surface area contributed by atoms with Crippen LogP contribution in [0.25, 0.3) is 0 Å². The van der Waals surface area contributed by atoms with Crippen LogP contribution in [0.2, 0.25) is 0 Å². The van der Waals surface area contributed by atoms with Crippen molar-refractivity contribution in [2.45, 2.75) is 46.6 Å². The fourth-order valence-electron chi connectivity index (χ4n) is 1.93. The van der Waals surface area contributed by atoms with Crippen LogP contribution in [0.3, 0.4) is 0 Å². The Bertz CT molecular complexity index is 383. The summed E-state index contributed by atoms with van der Waals surface area (Å²) in [7, 11) is 0. The fourth-order valence-corrected chi connectivity index (χ4v) is 1.93. The zero-order valence-corrected chi connectivity index (χ0v) is 11.7. The predicted molar refractivity (Wildman–Crippen MR) is 71.6 cm³/mol. The van der Waals surface area contributed by atoms with Gasteiger partial charge in [-0.15, -0.1) is 0 Å². The van der Waals surface area contributed by atoms with Crippen molar-refractivity contribution in [3.63, 3.8) is 0 Å². The lowest BCUT2D eigenvalue weighted by atomic mass is 9.83. The Kier molecular flexibility index (Phi) is 5.27. The van der Waals surface area contributed by atoms with Crippen LogP contribution in [0, 0.1) is 17.0 Å². The molecular formula is C15H23F2N. The van der Waals surface area contributed by atoms with E-state index in [1.54, 1.807) is 12.1 Å². The number of nitrogens with one attached hydrogen (secondary N) is 1. The maximum absolute atomic E-state index is 13.7. The molecule has 1 N–H and O–H groups in total. The lowest BCUT2D eigenvalue weighted by Gasteiger charge is -2.32. The molecule has 102 valence electrons. The quantitative estimate of drug-likeness (QED) is 0.841. The van der Waals surface area contributed by atoms with E-state index in [-0.39, 0.29) is 11.5 Å². The van der Waals surface area contributed by atoms with Gasteiger partial charge in [-0.05, 0) is 36.4 Å². The zero-order chi connectivity index (χ0) is 13.8. The lowest BCUT2D eigenvalue weighted by molar-refractivity contribution is 0.264. The highest BCUT2D eigenvalue weighted by Crippen LogP contribution is 2.24. The molecule has 18 heavy (non-hydrogen) atoms. The molecule has 0 spiro atoms. The van der Waals surface area contributed by atoms with E-state index in [1.165, 1.54) is 0 Å². The smallest absolute Gasteiger partial charge is 0.162 e. The summed E-state index contributed by atoms with van der Waals surface area (Å²) in [5.41, 5.74) is 0.451. The molecule has 1 atom stereocenters. The van der Waals surface area contributed by atoms with E-state index in [0.717, 1.165) is 19.0 Å². The Hall–Kier alpha value is -0.960. The van der Waals surface area contributed by atoms with E-state index in [1.807, 2.05) is 0 Å². The molecule has 0 aliphatic heterocycles. The van der Waals surface area contributed by atoms with Gasteiger partial charge >= 0.3 is 0 Å². The molecule has 3 heteroatoms. The lowest BCUT2D eigenvalue weighted by Crippen LogP contribution is -2.42. The Morgan fingerprint density at radius 3 is 2.44 bits per heavy atom. The zero-order valence-electron chi connectivity index (χ0n) is 11.7. The van der Waals surface area contributed by atoms with Gasteiger partial charge in [0.2, 0.25) is 0 Å². The van der Waals surface area contributed by atoms with Crippen LogP contribution in [-0.4, -0.2) is 12.6 Å². The van der Waals surface area contributed by atoms with Gasteiger partial charge in [0, 0.05) is 6.04 Å². The first-order valence-corrected chi connectivity index (χ1v) is 6.52. The number of hydrogen-bond donors (Lipinski definition) is 1. The highest BCUT2D eigenvalue weighted by Gasteiger charge is 2.25. The number of benzene rings is 1. The van der Waals surface area contributed by atoms with Crippen molar-refractivity contribution in [2.24, 2.45) is 5.41 Å². The highest BCUT2D eigenvalue weighted by molar-refractivity contribution is 5.20. The van der Waals surface area contributed by atoms with Crippen molar-refractivity contribution < 1.29 is 8.78 Å². The molecule has 1 nitrogen and oxygen atoms in total.